The molecule has 0 bridgehead atoms. The van der Waals surface area contributed by atoms with Gasteiger partial charge in [0.05, 0.1) is 25.2 Å². The van der Waals surface area contributed by atoms with Crippen LogP contribution in [0.2, 0.25) is 0 Å². The standard InChI is InChI=1S/C19H28N4O4S/c1-23(2)9-8-20-18(26)13-10-14(24)16(25)15-17(13)28-19(22-15)21-11-4-6-12(27-3)7-5-11/h4-7,13-17,24-25H,8-10H2,1-3H3,(H,20,26)(H,21,22)/t13-,14-,15-,16+,17-/m1/s1. The quantitative estimate of drug-likeness (QED) is 0.539. The van der Waals surface area contributed by atoms with Crippen LogP contribution in [-0.4, -0.2) is 84.0 Å². The van der Waals surface area contributed by atoms with Crippen molar-refractivity contribution < 1.29 is 19.7 Å². The van der Waals surface area contributed by atoms with E-state index in [1.165, 1.54) is 11.8 Å². The second kappa shape index (κ2) is 9.13. The summed E-state index contributed by atoms with van der Waals surface area (Å²) in [6.07, 6.45) is -1.71. The summed E-state index contributed by atoms with van der Waals surface area (Å²) in [6, 6.07) is 6.92. The molecule has 0 spiro atoms. The highest BCUT2D eigenvalue weighted by molar-refractivity contribution is 8.15. The van der Waals surface area contributed by atoms with E-state index in [1.807, 2.05) is 43.3 Å². The number of aliphatic hydroxyl groups excluding tert-OH is 2. The summed E-state index contributed by atoms with van der Waals surface area (Å²) in [6.45, 7) is 1.28. The van der Waals surface area contributed by atoms with Crippen molar-refractivity contribution in [2.24, 2.45) is 10.9 Å². The van der Waals surface area contributed by atoms with E-state index < -0.39 is 24.2 Å². The highest BCUT2D eigenvalue weighted by atomic mass is 32.2. The Bertz CT molecular complexity index is 712. The molecule has 8 nitrogen and oxygen atoms in total. The first-order valence-corrected chi connectivity index (χ1v) is 10.2. The van der Waals surface area contributed by atoms with Crippen LogP contribution in [0.15, 0.2) is 29.3 Å². The number of hydrogen-bond acceptors (Lipinski definition) is 8. The average molecular weight is 409 g/mol. The fourth-order valence-electron chi connectivity index (χ4n) is 3.44. The summed E-state index contributed by atoms with van der Waals surface area (Å²) in [7, 11) is 5.50. The Morgan fingerprint density at radius 2 is 2.04 bits per heavy atom. The number of methoxy groups -OCH3 is 1. The molecular formula is C19H28N4O4S. The summed E-state index contributed by atoms with van der Waals surface area (Å²) in [5.74, 6) is 0.249. The maximum absolute atomic E-state index is 12.7. The number of anilines is 1. The number of amides is 1. The Labute approximate surface area is 169 Å². The van der Waals surface area contributed by atoms with E-state index in [2.05, 4.69) is 15.6 Å². The zero-order valence-corrected chi connectivity index (χ0v) is 17.1. The topological polar surface area (TPSA) is 106 Å². The zero-order valence-electron chi connectivity index (χ0n) is 16.3. The van der Waals surface area contributed by atoms with Crippen LogP contribution in [0.4, 0.5) is 5.69 Å². The van der Waals surface area contributed by atoms with E-state index >= 15 is 0 Å². The molecule has 1 aromatic carbocycles. The molecule has 1 aliphatic carbocycles. The summed E-state index contributed by atoms with van der Waals surface area (Å²) in [5, 5.41) is 27.2. The van der Waals surface area contributed by atoms with Crippen LogP contribution < -0.4 is 15.4 Å². The first kappa shape index (κ1) is 20.9. The molecule has 0 unspecified atom stereocenters. The molecule has 4 N–H and O–H groups in total. The van der Waals surface area contributed by atoms with Gasteiger partial charge in [0.15, 0.2) is 5.17 Å². The maximum Gasteiger partial charge on any atom is 0.224 e. The van der Waals surface area contributed by atoms with Crippen LogP contribution in [0.1, 0.15) is 6.42 Å². The third kappa shape index (κ3) is 4.78. The van der Waals surface area contributed by atoms with Crippen molar-refractivity contribution >= 4 is 28.5 Å². The smallest absolute Gasteiger partial charge is 0.224 e. The lowest BCUT2D eigenvalue weighted by Crippen LogP contribution is -2.54. The number of nitrogens with one attached hydrogen (secondary N) is 2. The second-order valence-electron chi connectivity index (χ2n) is 7.36. The lowest BCUT2D eigenvalue weighted by atomic mass is 9.81. The molecule has 0 radical (unpaired) electrons. The number of amidine groups is 1. The third-order valence-corrected chi connectivity index (χ3v) is 6.33. The van der Waals surface area contributed by atoms with Gasteiger partial charge in [-0.15, -0.1) is 0 Å². The number of likely N-dealkylation sites (N-methyl/N-ethyl adjacent to an activating group) is 1. The molecule has 1 fully saturated rings. The highest BCUT2D eigenvalue weighted by Crippen LogP contribution is 2.41. The van der Waals surface area contributed by atoms with E-state index in [-0.39, 0.29) is 17.6 Å². The largest absolute Gasteiger partial charge is 0.497 e. The van der Waals surface area contributed by atoms with E-state index in [1.54, 1.807) is 7.11 Å². The van der Waals surface area contributed by atoms with E-state index in [0.717, 1.165) is 18.0 Å². The number of ether oxygens (including phenoxy) is 1. The fraction of sp³-hybridized carbons (Fsp3) is 0.579. The lowest BCUT2D eigenvalue weighted by molar-refractivity contribution is -0.129. The van der Waals surface area contributed by atoms with Crippen molar-refractivity contribution in [1.29, 1.82) is 0 Å². The van der Waals surface area contributed by atoms with Crippen molar-refractivity contribution in [3.8, 4) is 5.75 Å². The minimum atomic E-state index is -0.974. The number of carbonyl (C=O) groups is 1. The zero-order chi connectivity index (χ0) is 20.3. The van der Waals surface area contributed by atoms with Crippen LogP contribution in [0.25, 0.3) is 0 Å². The molecule has 9 heteroatoms. The number of hydrogen-bond donors (Lipinski definition) is 4. The van der Waals surface area contributed by atoms with Gasteiger partial charge in [-0.25, -0.2) is 0 Å². The predicted molar refractivity (Wildman–Crippen MR) is 111 cm³/mol. The molecule has 1 aliphatic heterocycles. The molecule has 1 amide bonds. The number of aliphatic imine (C=N–C) groups is 1. The van der Waals surface area contributed by atoms with E-state index in [4.69, 9.17) is 4.74 Å². The molecular weight excluding hydrogens is 380 g/mol. The minimum Gasteiger partial charge on any atom is -0.497 e. The summed E-state index contributed by atoms with van der Waals surface area (Å²) < 4.78 is 5.16. The van der Waals surface area contributed by atoms with Gasteiger partial charge in [0.25, 0.3) is 0 Å². The van der Waals surface area contributed by atoms with Crippen LogP contribution >= 0.6 is 11.8 Å². The van der Waals surface area contributed by atoms with Crippen molar-refractivity contribution in [3.05, 3.63) is 24.3 Å². The Hall–Kier alpha value is -1.81. The number of benzene rings is 1. The molecule has 1 saturated carbocycles. The summed E-state index contributed by atoms with van der Waals surface area (Å²) in [5.41, 5.74) is 0.840. The number of nitrogens with zero attached hydrogens (tertiary/aromatic N) is 2. The molecule has 28 heavy (non-hydrogen) atoms. The third-order valence-electron chi connectivity index (χ3n) is 5.02. The molecule has 1 aromatic rings. The van der Waals surface area contributed by atoms with Crippen molar-refractivity contribution in [2.45, 2.75) is 29.9 Å². The van der Waals surface area contributed by atoms with Gasteiger partial charge in [-0.05, 0) is 44.8 Å². The van der Waals surface area contributed by atoms with E-state index in [0.29, 0.717) is 11.7 Å². The fourth-order valence-corrected chi connectivity index (χ4v) is 4.82. The maximum atomic E-state index is 12.7. The van der Waals surface area contributed by atoms with Crippen molar-refractivity contribution in [1.82, 2.24) is 10.2 Å². The molecule has 5 atom stereocenters. The first-order valence-electron chi connectivity index (χ1n) is 9.33. The van der Waals surface area contributed by atoms with Crippen LogP contribution in [0.3, 0.4) is 0 Å². The van der Waals surface area contributed by atoms with Crippen LogP contribution in [0, 0.1) is 5.92 Å². The summed E-state index contributed by atoms with van der Waals surface area (Å²) in [4.78, 5) is 19.2. The second-order valence-corrected chi connectivity index (χ2v) is 8.52. The summed E-state index contributed by atoms with van der Waals surface area (Å²) >= 11 is 1.45. The number of fused-ring (bicyclic) bond motifs is 1. The highest BCUT2D eigenvalue weighted by Gasteiger charge is 2.50. The molecule has 154 valence electrons. The molecule has 2 aliphatic rings. The van der Waals surface area contributed by atoms with Gasteiger partial charge >= 0.3 is 0 Å². The SMILES string of the molecule is COc1ccc(NC2=N[C@@H]3[C@@H](O)[C@H](O)C[C@@H](C(=O)NCCN(C)C)[C@H]3S2)cc1. The number of rotatable bonds is 6. The molecule has 3 rings (SSSR count). The predicted octanol–water partition coefficient (Wildman–Crippen LogP) is 0.367. The van der Waals surface area contributed by atoms with E-state index in [9.17, 15) is 15.0 Å². The number of aliphatic hydroxyl groups is 2. The average Bonchev–Trinajstić information content (AvgIpc) is 3.08. The van der Waals surface area contributed by atoms with Gasteiger partial charge in [0.2, 0.25) is 5.91 Å². The first-order chi connectivity index (χ1) is 13.4. The van der Waals surface area contributed by atoms with Gasteiger partial charge in [0, 0.05) is 24.0 Å². The van der Waals surface area contributed by atoms with Gasteiger partial charge in [-0.3, -0.25) is 9.79 Å². The molecule has 0 saturated heterocycles. The van der Waals surface area contributed by atoms with Crippen molar-refractivity contribution in [2.75, 3.05) is 39.6 Å². The lowest BCUT2D eigenvalue weighted by Gasteiger charge is -2.37. The van der Waals surface area contributed by atoms with Gasteiger partial charge in [-0.2, -0.15) is 0 Å². The monoisotopic (exact) mass is 408 g/mol. The normalized spacial score (nSPS) is 29.2. The molecule has 0 aromatic heterocycles. The van der Waals surface area contributed by atoms with Gasteiger partial charge in [0.1, 0.15) is 11.9 Å². The number of carbonyl (C=O) groups excluding carboxylic acids is 1. The van der Waals surface area contributed by atoms with Crippen LogP contribution in [-0.2, 0) is 4.79 Å². The Morgan fingerprint density at radius 3 is 2.68 bits per heavy atom. The van der Waals surface area contributed by atoms with Gasteiger partial charge in [-0.1, -0.05) is 11.8 Å². The minimum absolute atomic E-state index is 0.101. The Kier molecular flexibility index (Phi) is 6.82. The van der Waals surface area contributed by atoms with Gasteiger partial charge < -0.3 is 30.5 Å². The Morgan fingerprint density at radius 1 is 1.32 bits per heavy atom. The molecule has 1 heterocycles. The van der Waals surface area contributed by atoms with Crippen molar-refractivity contribution in [3.63, 3.8) is 0 Å². The Balaban J connectivity index is 1.67. The van der Waals surface area contributed by atoms with Crippen LogP contribution in [0.5, 0.6) is 5.75 Å². The number of thioether (sulfide) groups is 1.